The Bertz CT molecular complexity index is 991. The van der Waals surface area contributed by atoms with Crippen LogP contribution >= 0.6 is 0 Å². The zero-order valence-corrected chi connectivity index (χ0v) is 21.2. The summed E-state index contributed by atoms with van der Waals surface area (Å²) >= 11 is 0. The molecule has 16 nitrogen and oxygen atoms in total. The molecule has 0 unspecified atom stereocenters. The zero-order chi connectivity index (χ0) is 29.3. The highest BCUT2D eigenvalue weighted by molar-refractivity contribution is 6.00. The molecule has 218 valence electrons. The standard InChI is InChI=1S/C24H30N4O12/c29-5-1-25-37-21(33)17-9-15(10-18(13-17)22(34)38-26-2-6-30)16-11-19(23(35)39-27-3-7-31)14-20(12-16)24(36)40-28-4-8-32/h9-14,25-32H,1-8H2. The largest absolute Gasteiger partial charge is 0.395 e. The van der Waals surface area contributed by atoms with Crippen LogP contribution in [0.25, 0.3) is 11.1 Å². The van der Waals surface area contributed by atoms with Gasteiger partial charge in [0.2, 0.25) is 0 Å². The third-order valence-electron chi connectivity index (χ3n) is 4.66. The van der Waals surface area contributed by atoms with Gasteiger partial charge in [-0.05, 0) is 47.5 Å². The molecule has 0 aliphatic rings. The second-order valence-electron chi connectivity index (χ2n) is 7.63. The van der Waals surface area contributed by atoms with Crippen molar-refractivity contribution in [3.8, 4) is 11.1 Å². The van der Waals surface area contributed by atoms with Crippen molar-refractivity contribution in [1.29, 1.82) is 0 Å². The molecule has 0 spiro atoms. The molecule has 0 saturated carbocycles. The van der Waals surface area contributed by atoms with Crippen LogP contribution in [0.4, 0.5) is 0 Å². The molecule has 40 heavy (non-hydrogen) atoms. The Kier molecular flexibility index (Phi) is 14.1. The van der Waals surface area contributed by atoms with Crippen LogP contribution in [-0.4, -0.2) is 96.9 Å². The van der Waals surface area contributed by atoms with Gasteiger partial charge in [0.05, 0.1) is 74.9 Å². The van der Waals surface area contributed by atoms with Crippen LogP contribution < -0.4 is 21.9 Å². The van der Waals surface area contributed by atoms with Crippen molar-refractivity contribution >= 4 is 23.9 Å². The van der Waals surface area contributed by atoms with E-state index in [9.17, 15) is 19.2 Å². The first-order valence-electron chi connectivity index (χ1n) is 11.8. The van der Waals surface area contributed by atoms with Crippen molar-refractivity contribution in [2.45, 2.75) is 0 Å². The van der Waals surface area contributed by atoms with Crippen LogP contribution in [0.15, 0.2) is 36.4 Å². The lowest BCUT2D eigenvalue weighted by molar-refractivity contribution is 0.0203. The van der Waals surface area contributed by atoms with E-state index in [1.807, 2.05) is 0 Å². The first-order valence-corrected chi connectivity index (χ1v) is 11.8. The van der Waals surface area contributed by atoms with Gasteiger partial charge in [0.1, 0.15) is 0 Å². The van der Waals surface area contributed by atoms with Gasteiger partial charge in [0, 0.05) is 0 Å². The number of carbonyl (C=O) groups excluding carboxylic acids is 4. The Labute approximate surface area is 227 Å². The van der Waals surface area contributed by atoms with Crippen LogP contribution in [0.1, 0.15) is 41.4 Å². The molecule has 0 fully saturated rings. The average molecular weight is 567 g/mol. The molecule has 0 atom stereocenters. The highest BCUT2D eigenvalue weighted by atomic mass is 16.7. The zero-order valence-electron chi connectivity index (χ0n) is 21.2. The SMILES string of the molecule is O=C(ONCCO)c1cc(C(=O)ONCCO)cc(-c2cc(C(=O)ONCCO)cc(C(=O)ONCCO)c2)c1. The summed E-state index contributed by atoms with van der Waals surface area (Å²) in [6.45, 7) is -1.50. The molecule has 8 N–H and O–H groups in total. The van der Waals surface area contributed by atoms with Crippen molar-refractivity contribution < 1.29 is 59.0 Å². The van der Waals surface area contributed by atoms with E-state index in [0.29, 0.717) is 0 Å². The van der Waals surface area contributed by atoms with Crippen LogP contribution in [0.2, 0.25) is 0 Å². The molecule has 0 saturated heterocycles. The lowest BCUT2D eigenvalue weighted by Crippen LogP contribution is -2.25. The fourth-order valence-electron chi connectivity index (χ4n) is 2.94. The summed E-state index contributed by atoms with van der Waals surface area (Å²) in [5, 5.41) is 35.6. The molecule has 0 radical (unpaired) electrons. The van der Waals surface area contributed by atoms with Crippen molar-refractivity contribution in [3.05, 3.63) is 58.7 Å². The van der Waals surface area contributed by atoms with Gasteiger partial charge >= 0.3 is 23.9 Å². The number of rotatable bonds is 17. The molecule has 0 bridgehead atoms. The highest BCUT2D eigenvalue weighted by Gasteiger charge is 2.20. The Balaban J connectivity index is 2.57. The maximum absolute atomic E-state index is 12.6. The molecule has 0 aliphatic carbocycles. The van der Waals surface area contributed by atoms with E-state index in [-0.39, 0.29) is 86.0 Å². The molecule has 0 aromatic heterocycles. The van der Waals surface area contributed by atoms with Gasteiger partial charge in [-0.3, -0.25) is 0 Å². The quantitative estimate of drug-likeness (QED) is 0.0585. The van der Waals surface area contributed by atoms with Crippen LogP contribution in [0.3, 0.4) is 0 Å². The number of benzene rings is 2. The molecule has 16 heteroatoms. The van der Waals surface area contributed by atoms with Crippen molar-refractivity contribution in [2.75, 3.05) is 52.6 Å². The molecule has 2 aromatic rings. The van der Waals surface area contributed by atoms with E-state index >= 15 is 0 Å². The fraction of sp³-hybridized carbons (Fsp3) is 0.333. The van der Waals surface area contributed by atoms with E-state index < -0.39 is 23.9 Å². The second-order valence-corrected chi connectivity index (χ2v) is 7.63. The van der Waals surface area contributed by atoms with E-state index in [1.54, 1.807) is 0 Å². The smallest absolute Gasteiger partial charge is 0.356 e. The van der Waals surface area contributed by atoms with Gasteiger partial charge in [-0.1, -0.05) is 0 Å². The summed E-state index contributed by atoms with van der Waals surface area (Å²) in [7, 11) is 0. The topological polar surface area (TPSA) is 234 Å². The van der Waals surface area contributed by atoms with E-state index in [0.717, 1.165) is 0 Å². The summed E-state index contributed by atoms with van der Waals surface area (Å²) in [5.74, 6) is -3.71. The number of hydrogen-bond donors (Lipinski definition) is 8. The van der Waals surface area contributed by atoms with Crippen molar-refractivity contribution in [2.24, 2.45) is 0 Å². The normalized spacial score (nSPS) is 10.6. The summed E-state index contributed by atoms with van der Waals surface area (Å²) in [5.41, 5.74) is 8.80. The van der Waals surface area contributed by atoms with Gasteiger partial charge < -0.3 is 39.8 Å². The number of aliphatic hydroxyl groups excluding tert-OH is 4. The van der Waals surface area contributed by atoms with Crippen LogP contribution in [0, 0.1) is 0 Å². The predicted molar refractivity (Wildman–Crippen MR) is 134 cm³/mol. The summed E-state index contributed by atoms with van der Waals surface area (Å²) in [6.07, 6.45) is 0. The number of aliphatic hydroxyl groups is 4. The van der Waals surface area contributed by atoms with Crippen molar-refractivity contribution in [3.63, 3.8) is 0 Å². The number of carbonyl (C=O) groups is 4. The third kappa shape index (κ3) is 10.3. The lowest BCUT2D eigenvalue weighted by atomic mass is 9.96. The maximum atomic E-state index is 12.6. The third-order valence-corrected chi connectivity index (χ3v) is 4.66. The first-order chi connectivity index (χ1) is 19.3. The highest BCUT2D eigenvalue weighted by Crippen LogP contribution is 2.27. The van der Waals surface area contributed by atoms with Gasteiger partial charge in [-0.2, -0.15) is 21.9 Å². The molecule has 0 heterocycles. The summed E-state index contributed by atoms with van der Waals surface area (Å²) < 4.78 is 0. The van der Waals surface area contributed by atoms with Gasteiger partial charge in [0.25, 0.3) is 0 Å². The van der Waals surface area contributed by atoms with E-state index in [4.69, 9.17) is 39.8 Å². The molecular formula is C24H30N4O12. The lowest BCUT2D eigenvalue weighted by Gasteiger charge is -2.13. The monoisotopic (exact) mass is 566 g/mol. The summed E-state index contributed by atoms with van der Waals surface area (Å²) in [4.78, 5) is 69.9. The molecule has 2 rings (SSSR count). The molecule has 0 aliphatic heterocycles. The van der Waals surface area contributed by atoms with Gasteiger partial charge in [0.15, 0.2) is 0 Å². The maximum Gasteiger partial charge on any atom is 0.356 e. The Morgan fingerprint density at radius 1 is 0.450 bits per heavy atom. The number of nitrogens with one attached hydrogen (secondary N) is 4. The van der Waals surface area contributed by atoms with Crippen molar-refractivity contribution in [1.82, 2.24) is 21.9 Å². The minimum atomic E-state index is -0.927. The molecular weight excluding hydrogens is 536 g/mol. The van der Waals surface area contributed by atoms with Crippen LogP contribution in [0.5, 0.6) is 0 Å². The van der Waals surface area contributed by atoms with E-state index in [2.05, 4.69) is 21.9 Å². The Morgan fingerprint density at radius 2 is 0.675 bits per heavy atom. The predicted octanol–water partition coefficient (Wildman–Crippen LogP) is -2.03. The van der Waals surface area contributed by atoms with Crippen LogP contribution in [-0.2, 0) is 19.4 Å². The molecule has 2 aromatic carbocycles. The first kappa shape index (κ1) is 32.2. The Morgan fingerprint density at radius 3 is 0.875 bits per heavy atom. The van der Waals surface area contributed by atoms with E-state index in [1.165, 1.54) is 36.4 Å². The fourth-order valence-corrected chi connectivity index (χ4v) is 2.94. The Hall–Kier alpha value is -4.00. The van der Waals surface area contributed by atoms with Gasteiger partial charge in [-0.25, -0.2) is 19.2 Å². The minimum absolute atomic E-state index is 0.0599. The number of hydrogen-bond acceptors (Lipinski definition) is 16. The average Bonchev–Trinajstić information content (AvgIpc) is 2.96. The molecule has 0 amide bonds. The second kappa shape index (κ2) is 17.6. The van der Waals surface area contributed by atoms with Gasteiger partial charge in [-0.15, -0.1) is 0 Å². The minimum Gasteiger partial charge on any atom is -0.395 e. The summed E-state index contributed by atoms with van der Waals surface area (Å²) in [6, 6.07) is 7.59. The number of hydroxylamine groups is 4.